The van der Waals surface area contributed by atoms with Crippen LogP contribution in [0.3, 0.4) is 0 Å². The van der Waals surface area contributed by atoms with Crippen LogP contribution in [0.1, 0.15) is 48.4 Å². The van der Waals surface area contributed by atoms with Crippen molar-refractivity contribution in [2.45, 2.75) is 37.6 Å². The molecule has 0 saturated carbocycles. The highest BCUT2D eigenvalue weighted by Gasteiger charge is 2.54. The van der Waals surface area contributed by atoms with Gasteiger partial charge in [-0.15, -0.1) is 0 Å². The summed E-state index contributed by atoms with van der Waals surface area (Å²) in [5.41, 5.74) is 0.662. The summed E-state index contributed by atoms with van der Waals surface area (Å²) in [4.78, 5) is 65.3. The standard InChI is InChI=1S/C36H30O11/c1-23(37)43-36-31(47-35(41)27-20-12-5-13-21-27)30(46-34(40)26-18-10-4-11-19-26)29(45-33(39)25-16-8-3-9-17-25)28(44-36)22-42-32(38)24-14-6-2-7-15-24/h2-21,28-31,36H,22H2,1H3/t28-,29+,30+,31-,36+/m1/s1. The minimum Gasteiger partial charge on any atom is -0.459 e. The third kappa shape index (κ3) is 8.47. The summed E-state index contributed by atoms with van der Waals surface area (Å²) in [5, 5.41) is 0. The number of hydrogen-bond donors (Lipinski definition) is 0. The molecular weight excluding hydrogens is 608 g/mol. The minimum absolute atomic E-state index is 0.136. The van der Waals surface area contributed by atoms with Gasteiger partial charge in [0.15, 0.2) is 12.2 Å². The molecule has 1 fully saturated rings. The number of ether oxygens (including phenoxy) is 6. The molecule has 0 unspecified atom stereocenters. The van der Waals surface area contributed by atoms with Crippen molar-refractivity contribution in [1.29, 1.82) is 0 Å². The molecule has 11 heteroatoms. The zero-order valence-electron chi connectivity index (χ0n) is 25.1. The Labute approximate surface area is 269 Å². The molecule has 0 radical (unpaired) electrons. The van der Waals surface area contributed by atoms with Crippen molar-refractivity contribution in [2.24, 2.45) is 0 Å². The van der Waals surface area contributed by atoms with Crippen LogP contribution in [-0.4, -0.2) is 67.2 Å². The Bertz CT molecular complexity index is 1680. The van der Waals surface area contributed by atoms with Crippen LogP contribution < -0.4 is 0 Å². The molecule has 0 aromatic heterocycles. The average Bonchev–Trinajstić information content (AvgIpc) is 3.10. The van der Waals surface area contributed by atoms with Crippen molar-refractivity contribution < 1.29 is 52.4 Å². The molecule has 11 nitrogen and oxygen atoms in total. The van der Waals surface area contributed by atoms with Gasteiger partial charge >= 0.3 is 29.8 Å². The maximum atomic E-state index is 13.5. The molecule has 1 heterocycles. The van der Waals surface area contributed by atoms with Gasteiger partial charge in [-0.25, -0.2) is 19.2 Å². The normalized spacial score (nSPS) is 20.2. The molecule has 0 N–H and O–H groups in total. The Kier molecular flexibility index (Phi) is 10.7. The Balaban J connectivity index is 1.54. The van der Waals surface area contributed by atoms with Gasteiger partial charge in [-0.05, 0) is 48.5 Å². The van der Waals surface area contributed by atoms with Crippen molar-refractivity contribution in [3.8, 4) is 0 Å². The van der Waals surface area contributed by atoms with Crippen LogP contribution >= 0.6 is 0 Å². The number of rotatable bonds is 10. The van der Waals surface area contributed by atoms with Gasteiger partial charge in [0.25, 0.3) is 0 Å². The molecule has 1 saturated heterocycles. The van der Waals surface area contributed by atoms with Gasteiger partial charge in [0.1, 0.15) is 12.7 Å². The number of esters is 5. The van der Waals surface area contributed by atoms with Gasteiger partial charge in [0.05, 0.1) is 22.3 Å². The monoisotopic (exact) mass is 638 g/mol. The lowest BCUT2D eigenvalue weighted by atomic mass is 9.97. The van der Waals surface area contributed by atoms with E-state index in [1.165, 1.54) is 36.4 Å². The summed E-state index contributed by atoms with van der Waals surface area (Å²) in [5.74, 6) is -4.09. The smallest absolute Gasteiger partial charge is 0.338 e. The summed E-state index contributed by atoms with van der Waals surface area (Å²) in [6, 6.07) is 32.0. The molecule has 0 amide bonds. The first-order valence-electron chi connectivity index (χ1n) is 14.6. The Morgan fingerprint density at radius 2 is 0.851 bits per heavy atom. The van der Waals surface area contributed by atoms with Gasteiger partial charge in [0.2, 0.25) is 12.4 Å². The molecule has 5 atom stereocenters. The Morgan fingerprint density at radius 1 is 0.489 bits per heavy atom. The molecule has 0 spiro atoms. The van der Waals surface area contributed by atoms with E-state index in [1.807, 2.05) is 0 Å². The fourth-order valence-electron chi connectivity index (χ4n) is 4.79. The largest absolute Gasteiger partial charge is 0.459 e. The van der Waals surface area contributed by atoms with Crippen LogP contribution in [0.2, 0.25) is 0 Å². The number of hydrogen-bond acceptors (Lipinski definition) is 11. The summed E-state index contributed by atoms with van der Waals surface area (Å²) >= 11 is 0. The zero-order chi connectivity index (χ0) is 33.2. The second kappa shape index (κ2) is 15.5. The van der Waals surface area contributed by atoms with Crippen LogP contribution in [-0.2, 0) is 33.2 Å². The van der Waals surface area contributed by atoms with E-state index < -0.39 is 67.2 Å². The van der Waals surface area contributed by atoms with Gasteiger partial charge in [0, 0.05) is 6.92 Å². The van der Waals surface area contributed by atoms with Crippen LogP contribution in [0.5, 0.6) is 0 Å². The number of carbonyl (C=O) groups is 5. The summed E-state index contributed by atoms with van der Waals surface area (Å²) in [6.45, 7) is 0.577. The first kappa shape index (κ1) is 32.6. The highest BCUT2D eigenvalue weighted by Crippen LogP contribution is 2.32. The van der Waals surface area contributed by atoms with E-state index in [1.54, 1.807) is 84.9 Å². The van der Waals surface area contributed by atoms with E-state index in [9.17, 15) is 24.0 Å². The van der Waals surface area contributed by atoms with Gasteiger partial charge < -0.3 is 28.4 Å². The predicted molar refractivity (Wildman–Crippen MR) is 164 cm³/mol. The van der Waals surface area contributed by atoms with Gasteiger partial charge in [-0.2, -0.15) is 0 Å². The van der Waals surface area contributed by atoms with Crippen LogP contribution in [0.25, 0.3) is 0 Å². The molecule has 1 aliphatic rings. The van der Waals surface area contributed by atoms with E-state index in [4.69, 9.17) is 28.4 Å². The average molecular weight is 639 g/mol. The SMILES string of the molecule is CC(=O)O[C@H]1O[C@H](COC(=O)c2ccccc2)[C@H](OC(=O)c2ccccc2)[C@H](OC(=O)c2ccccc2)[C@H]1OC(=O)c1ccccc1. The Hall–Kier alpha value is -5.81. The quantitative estimate of drug-likeness (QED) is 0.175. The second-order valence-electron chi connectivity index (χ2n) is 10.3. The van der Waals surface area contributed by atoms with E-state index in [0.29, 0.717) is 0 Å². The predicted octanol–water partition coefficient (Wildman–Crippen LogP) is 4.81. The second-order valence-corrected chi connectivity index (χ2v) is 10.3. The van der Waals surface area contributed by atoms with E-state index >= 15 is 0 Å². The lowest BCUT2D eigenvalue weighted by molar-refractivity contribution is -0.289. The summed E-state index contributed by atoms with van der Waals surface area (Å²) in [7, 11) is 0. The van der Waals surface area contributed by atoms with E-state index in [2.05, 4.69) is 0 Å². The fraction of sp³-hybridized carbons (Fsp3) is 0.194. The summed E-state index contributed by atoms with van der Waals surface area (Å²) < 4.78 is 34.5. The zero-order valence-corrected chi connectivity index (χ0v) is 25.1. The molecule has 0 bridgehead atoms. The third-order valence-electron chi connectivity index (χ3n) is 7.02. The minimum atomic E-state index is -1.67. The maximum absolute atomic E-state index is 13.5. The first-order valence-corrected chi connectivity index (χ1v) is 14.6. The fourth-order valence-corrected chi connectivity index (χ4v) is 4.79. The van der Waals surface area contributed by atoms with E-state index in [-0.39, 0.29) is 22.3 Å². The lowest BCUT2D eigenvalue weighted by Crippen LogP contribution is -2.63. The van der Waals surface area contributed by atoms with Crippen LogP contribution in [0.4, 0.5) is 0 Å². The summed E-state index contributed by atoms with van der Waals surface area (Å²) in [6.07, 6.45) is -7.80. The lowest BCUT2D eigenvalue weighted by Gasteiger charge is -2.43. The number of carbonyl (C=O) groups excluding carboxylic acids is 5. The van der Waals surface area contributed by atoms with Crippen LogP contribution in [0.15, 0.2) is 121 Å². The molecule has 47 heavy (non-hydrogen) atoms. The van der Waals surface area contributed by atoms with Crippen molar-refractivity contribution in [3.05, 3.63) is 144 Å². The molecular formula is C36H30O11. The highest BCUT2D eigenvalue weighted by molar-refractivity contribution is 5.91. The highest BCUT2D eigenvalue weighted by atomic mass is 16.7. The molecule has 4 aromatic rings. The van der Waals surface area contributed by atoms with Gasteiger partial charge in [-0.3, -0.25) is 4.79 Å². The van der Waals surface area contributed by atoms with Crippen molar-refractivity contribution in [3.63, 3.8) is 0 Å². The maximum Gasteiger partial charge on any atom is 0.338 e. The topological polar surface area (TPSA) is 141 Å². The van der Waals surface area contributed by atoms with Crippen molar-refractivity contribution in [1.82, 2.24) is 0 Å². The Morgan fingerprint density at radius 3 is 1.26 bits per heavy atom. The van der Waals surface area contributed by atoms with Gasteiger partial charge in [-0.1, -0.05) is 72.8 Å². The van der Waals surface area contributed by atoms with E-state index in [0.717, 1.165) is 6.92 Å². The van der Waals surface area contributed by atoms with Crippen molar-refractivity contribution >= 4 is 29.8 Å². The molecule has 4 aromatic carbocycles. The van der Waals surface area contributed by atoms with Crippen molar-refractivity contribution in [2.75, 3.05) is 6.61 Å². The van der Waals surface area contributed by atoms with Crippen LogP contribution in [0, 0.1) is 0 Å². The number of benzene rings is 4. The molecule has 1 aliphatic heterocycles. The first-order chi connectivity index (χ1) is 22.8. The molecule has 240 valence electrons. The third-order valence-corrected chi connectivity index (χ3v) is 7.02. The molecule has 5 rings (SSSR count). The molecule has 0 aliphatic carbocycles.